The van der Waals surface area contributed by atoms with Gasteiger partial charge in [-0.3, -0.25) is 0 Å². The lowest BCUT2D eigenvalue weighted by atomic mass is 9.64. The van der Waals surface area contributed by atoms with E-state index in [2.05, 4.69) is 42.8 Å². The second-order valence-electron chi connectivity index (χ2n) is 11.8. The number of piperidine rings is 1. The lowest BCUT2D eigenvalue weighted by Crippen LogP contribution is -2.53. The zero-order valence-electron chi connectivity index (χ0n) is 23.0. The Kier molecular flexibility index (Phi) is 21.5. The summed E-state index contributed by atoms with van der Waals surface area (Å²) in [5, 5.41) is 4.41. The predicted octanol–water partition coefficient (Wildman–Crippen LogP) is 2.05. The van der Waals surface area contributed by atoms with Crippen molar-refractivity contribution >= 4 is 11.6 Å². The first-order valence-electron chi connectivity index (χ1n) is 13.1. The average molecular weight is 544 g/mol. The molecule has 2 saturated heterocycles. The van der Waals surface area contributed by atoms with Gasteiger partial charge < -0.3 is 41.8 Å². The topological polar surface area (TPSA) is 154 Å². The summed E-state index contributed by atoms with van der Waals surface area (Å²) in [4.78, 5) is 5.33. The van der Waals surface area contributed by atoms with Crippen LogP contribution in [0.25, 0.3) is 0 Å². The minimum absolute atomic E-state index is 0. The Morgan fingerprint density at radius 1 is 0.944 bits per heavy atom. The van der Waals surface area contributed by atoms with Crippen LogP contribution < -0.4 is 5.32 Å². The lowest BCUT2D eigenvalue weighted by Gasteiger charge is -2.49. The largest absolute Gasteiger partial charge is 0.412 e. The van der Waals surface area contributed by atoms with Gasteiger partial charge in [0.1, 0.15) is 0 Å². The number of hydrogen-bond acceptors (Lipinski definition) is 4. The van der Waals surface area contributed by atoms with Crippen molar-refractivity contribution in [3.05, 3.63) is 0 Å². The van der Waals surface area contributed by atoms with Gasteiger partial charge in [0.05, 0.1) is 6.61 Å². The summed E-state index contributed by atoms with van der Waals surface area (Å²) in [6, 6.07) is 0.590. The first-order valence-corrected chi connectivity index (χ1v) is 13.5. The van der Waals surface area contributed by atoms with E-state index in [0.717, 1.165) is 37.5 Å². The van der Waals surface area contributed by atoms with Crippen molar-refractivity contribution in [3.8, 4) is 0 Å². The third kappa shape index (κ3) is 11.8. The molecule has 0 aromatic heterocycles. The van der Waals surface area contributed by atoms with Crippen LogP contribution in [-0.2, 0) is 4.74 Å². The van der Waals surface area contributed by atoms with E-state index in [0.29, 0.717) is 22.8 Å². The molecule has 8 nitrogen and oxygen atoms in total. The van der Waals surface area contributed by atoms with Gasteiger partial charge in [-0.1, -0.05) is 35.1 Å². The molecule has 0 amide bonds. The molecule has 9 N–H and O–H groups in total. The van der Waals surface area contributed by atoms with Crippen LogP contribution in [-0.4, -0.2) is 103 Å². The maximum Gasteiger partial charge on any atom is 0.0589 e. The Hall–Kier alpha value is -0.0300. The SMILES string of the molecule is C.COCCN1CC[C@@H](CN[C@@H](CN2CC[C@H](C3CCC(Cl)CC3)C(C)(C)C2)C(C)C)C1.O.O.O.O. The van der Waals surface area contributed by atoms with Crippen LogP contribution in [0.2, 0.25) is 0 Å². The molecule has 2 heterocycles. The highest BCUT2D eigenvalue weighted by atomic mass is 35.5. The van der Waals surface area contributed by atoms with Gasteiger partial charge in [-0.2, -0.15) is 0 Å². The summed E-state index contributed by atoms with van der Waals surface area (Å²) in [5.74, 6) is 3.23. The molecule has 0 spiro atoms. The molecule has 1 aliphatic carbocycles. The van der Waals surface area contributed by atoms with Crippen molar-refractivity contribution in [3.63, 3.8) is 0 Å². The molecular weight excluding hydrogens is 482 g/mol. The number of ether oxygens (including phenoxy) is 1. The van der Waals surface area contributed by atoms with Gasteiger partial charge >= 0.3 is 0 Å². The van der Waals surface area contributed by atoms with Crippen molar-refractivity contribution in [1.29, 1.82) is 0 Å². The fraction of sp³-hybridized carbons (Fsp3) is 1.00. The second kappa shape index (κ2) is 19.1. The molecule has 1 saturated carbocycles. The van der Waals surface area contributed by atoms with E-state index >= 15 is 0 Å². The van der Waals surface area contributed by atoms with Crippen LogP contribution in [0.3, 0.4) is 0 Å². The van der Waals surface area contributed by atoms with Crippen molar-refractivity contribution in [2.45, 2.75) is 85.1 Å². The van der Waals surface area contributed by atoms with Crippen molar-refractivity contribution in [2.24, 2.45) is 29.1 Å². The van der Waals surface area contributed by atoms with Gasteiger partial charge in [-0.05, 0) is 87.2 Å². The van der Waals surface area contributed by atoms with Crippen LogP contribution in [0.15, 0.2) is 0 Å². The van der Waals surface area contributed by atoms with Gasteiger partial charge in [0.25, 0.3) is 0 Å². The first kappa shape index (κ1) is 40.5. The highest BCUT2D eigenvalue weighted by molar-refractivity contribution is 6.20. The molecule has 9 heteroatoms. The van der Waals surface area contributed by atoms with Crippen LogP contribution in [0.4, 0.5) is 0 Å². The van der Waals surface area contributed by atoms with E-state index < -0.39 is 0 Å². The number of rotatable bonds is 10. The molecule has 0 unspecified atom stereocenters. The Labute approximate surface area is 227 Å². The molecule has 3 aliphatic rings. The number of nitrogens with zero attached hydrogens (tertiary/aromatic N) is 2. The summed E-state index contributed by atoms with van der Waals surface area (Å²) in [6.45, 7) is 19.1. The van der Waals surface area contributed by atoms with Crippen molar-refractivity contribution in [1.82, 2.24) is 15.1 Å². The second-order valence-corrected chi connectivity index (χ2v) is 12.5. The lowest BCUT2D eigenvalue weighted by molar-refractivity contribution is 0.00468. The summed E-state index contributed by atoms with van der Waals surface area (Å²) in [5.41, 5.74) is 0.414. The number of halogens is 1. The molecule has 222 valence electrons. The molecule has 36 heavy (non-hydrogen) atoms. The fourth-order valence-corrected chi connectivity index (χ4v) is 6.86. The molecule has 0 aromatic carbocycles. The van der Waals surface area contributed by atoms with Crippen LogP contribution in [0.1, 0.15) is 73.6 Å². The molecule has 0 radical (unpaired) electrons. The summed E-state index contributed by atoms with van der Waals surface area (Å²) < 4.78 is 5.25. The van der Waals surface area contributed by atoms with E-state index in [1.54, 1.807) is 7.11 Å². The van der Waals surface area contributed by atoms with Crippen LogP contribution in [0.5, 0.6) is 0 Å². The number of methoxy groups -OCH3 is 1. The van der Waals surface area contributed by atoms with E-state index in [9.17, 15) is 0 Å². The third-order valence-corrected chi connectivity index (χ3v) is 9.01. The smallest absolute Gasteiger partial charge is 0.0589 e. The molecule has 3 fully saturated rings. The summed E-state index contributed by atoms with van der Waals surface area (Å²) in [7, 11) is 1.80. The number of hydrogen-bond donors (Lipinski definition) is 1. The van der Waals surface area contributed by atoms with Gasteiger partial charge in [-0.15, -0.1) is 11.6 Å². The fourth-order valence-electron chi connectivity index (χ4n) is 6.61. The van der Waals surface area contributed by atoms with Gasteiger partial charge in [0.15, 0.2) is 0 Å². The predicted molar refractivity (Wildman–Crippen MR) is 154 cm³/mol. The highest BCUT2D eigenvalue weighted by Crippen LogP contribution is 2.45. The van der Waals surface area contributed by atoms with Gasteiger partial charge in [0, 0.05) is 44.7 Å². The molecule has 3 atom stereocenters. The molecule has 2 aliphatic heterocycles. The van der Waals surface area contributed by atoms with E-state index in [4.69, 9.17) is 16.3 Å². The molecular formula is C27H62ClN3O5. The number of nitrogens with one attached hydrogen (secondary N) is 1. The monoisotopic (exact) mass is 543 g/mol. The standard InChI is InChI=1S/C26H50ClN3O.CH4.4H2O/c1-20(2)25(28-16-21-10-12-29(17-21)14-15-31-5)18-30-13-11-24(26(3,4)19-30)22-6-8-23(27)9-7-22;;;;;/h20-25,28H,6-19H2,1-5H3;1H4;4*1H2/t21-,22?,23?,24+,25-;;;;;/m0...../s1. The minimum atomic E-state index is 0. The zero-order chi connectivity index (χ0) is 22.4. The first-order chi connectivity index (χ1) is 14.8. The maximum absolute atomic E-state index is 6.39. The zero-order valence-corrected chi connectivity index (χ0v) is 23.8. The van der Waals surface area contributed by atoms with Crippen LogP contribution >= 0.6 is 11.6 Å². The van der Waals surface area contributed by atoms with Crippen molar-refractivity contribution in [2.75, 3.05) is 59.5 Å². The Balaban J connectivity index is -0.00000218. The minimum Gasteiger partial charge on any atom is -0.412 e. The quantitative estimate of drug-likeness (QED) is 0.418. The van der Waals surface area contributed by atoms with E-state index in [1.165, 1.54) is 71.2 Å². The average Bonchev–Trinajstić information content (AvgIpc) is 3.17. The Morgan fingerprint density at radius 2 is 1.56 bits per heavy atom. The Bertz CT molecular complexity index is 536. The molecule has 3 rings (SSSR count). The van der Waals surface area contributed by atoms with Gasteiger partial charge in [0.2, 0.25) is 0 Å². The summed E-state index contributed by atoms with van der Waals surface area (Å²) >= 11 is 6.39. The van der Waals surface area contributed by atoms with Crippen LogP contribution in [0, 0.1) is 29.1 Å². The van der Waals surface area contributed by atoms with Gasteiger partial charge in [-0.25, -0.2) is 0 Å². The molecule has 0 aromatic rings. The number of likely N-dealkylation sites (tertiary alicyclic amines) is 2. The van der Waals surface area contributed by atoms with Crippen molar-refractivity contribution < 1.29 is 26.6 Å². The highest BCUT2D eigenvalue weighted by Gasteiger charge is 2.41. The van der Waals surface area contributed by atoms with E-state index in [-0.39, 0.29) is 29.3 Å². The normalized spacial score (nSPS) is 29.1. The molecule has 0 bridgehead atoms. The van der Waals surface area contributed by atoms with E-state index in [1.807, 2.05) is 0 Å². The third-order valence-electron chi connectivity index (χ3n) is 8.57. The maximum atomic E-state index is 6.39. The number of alkyl halides is 1. The Morgan fingerprint density at radius 3 is 2.11 bits per heavy atom. The summed E-state index contributed by atoms with van der Waals surface area (Å²) in [6.07, 6.45) is 7.84.